The average Bonchev–Trinajstić information content (AvgIpc) is 2.57. The summed E-state index contributed by atoms with van der Waals surface area (Å²) >= 11 is 1.65. The Bertz CT molecular complexity index is 254. The van der Waals surface area contributed by atoms with E-state index in [-0.39, 0.29) is 0 Å². The van der Waals surface area contributed by atoms with Gasteiger partial charge in [0.15, 0.2) is 5.17 Å². The first-order valence-electron chi connectivity index (χ1n) is 4.81. The summed E-state index contributed by atoms with van der Waals surface area (Å²) in [4.78, 5) is 4.62. The Morgan fingerprint density at radius 1 is 1.54 bits per heavy atom. The number of aliphatic imine (C=N–C) groups is 1. The molecule has 0 saturated heterocycles. The number of nitrogens with one attached hydrogen (secondary N) is 1. The van der Waals surface area contributed by atoms with Gasteiger partial charge in [-0.2, -0.15) is 0 Å². The lowest BCUT2D eigenvalue weighted by atomic mass is 9.92. The third-order valence-corrected chi connectivity index (χ3v) is 3.42. The molecule has 1 heterocycles. The third kappa shape index (κ3) is 2.00. The molecule has 0 aromatic rings. The molecule has 1 fully saturated rings. The Labute approximate surface area is 83.6 Å². The molecule has 70 valence electrons. The number of rotatable bonds is 1. The number of hydrogen-bond donors (Lipinski definition) is 1. The minimum Gasteiger partial charge on any atom is -0.360 e. The summed E-state index contributed by atoms with van der Waals surface area (Å²) in [6.45, 7) is 0. The Morgan fingerprint density at radius 3 is 3.15 bits per heavy atom. The standard InChI is InChI=1S/C10H14N2S/c1-2-7-13-10-11-8-5-3-4-6-9(8)12-10/h1,8-9H,3-7H2,(H,11,12). The molecule has 3 heteroatoms. The smallest absolute Gasteiger partial charge is 0.158 e. The van der Waals surface area contributed by atoms with E-state index in [1.807, 2.05) is 0 Å². The molecule has 13 heavy (non-hydrogen) atoms. The van der Waals surface area contributed by atoms with Crippen molar-refractivity contribution in [3.8, 4) is 12.3 Å². The maximum atomic E-state index is 5.20. The van der Waals surface area contributed by atoms with Crippen LogP contribution in [-0.2, 0) is 0 Å². The predicted molar refractivity (Wildman–Crippen MR) is 57.9 cm³/mol. The molecule has 2 atom stereocenters. The van der Waals surface area contributed by atoms with Gasteiger partial charge < -0.3 is 5.32 Å². The second kappa shape index (κ2) is 4.06. The quantitative estimate of drug-likeness (QED) is 0.641. The maximum Gasteiger partial charge on any atom is 0.158 e. The first-order chi connectivity index (χ1) is 6.40. The molecule has 2 nitrogen and oxygen atoms in total. The van der Waals surface area contributed by atoms with Gasteiger partial charge in [-0.25, -0.2) is 0 Å². The number of fused-ring (bicyclic) bond motifs is 1. The molecule has 0 amide bonds. The molecule has 2 aliphatic rings. The van der Waals surface area contributed by atoms with Gasteiger partial charge in [-0.15, -0.1) is 6.42 Å². The SMILES string of the molecule is C#CCSC1=NC2CCCCC2N1. The van der Waals surface area contributed by atoms with Crippen LogP contribution in [0.5, 0.6) is 0 Å². The summed E-state index contributed by atoms with van der Waals surface area (Å²) in [5, 5.41) is 4.51. The van der Waals surface area contributed by atoms with E-state index >= 15 is 0 Å². The molecular weight excluding hydrogens is 180 g/mol. The van der Waals surface area contributed by atoms with Crippen LogP contribution in [0.15, 0.2) is 4.99 Å². The number of amidine groups is 1. The van der Waals surface area contributed by atoms with E-state index in [9.17, 15) is 0 Å². The molecule has 0 aromatic heterocycles. The van der Waals surface area contributed by atoms with Crippen molar-refractivity contribution < 1.29 is 0 Å². The zero-order valence-corrected chi connectivity index (χ0v) is 8.44. The van der Waals surface area contributed by atoms with Gasteiger partial charge in [0.05, 0.1) is 17.8 Å². The Balaban J connectivity index is 1.90. The molecular formula is C10H14N2S. The van der Waals surface area contributed by atoms with E-state index in [1.54, 1.807) is 11.8 Å². The van der Waals surface area contributed by atoms with E-state index in [0.29, 0.717) is 12.1 Å². The van der Waals surface area contributed by atoms with Crippen molar-refractivity contribution in [1.82, 2.24) is 5.32 Å². The normalized spacial score (nSPS) is 31.5. The van der Waals surface area contributed by atoms with Crippen molar-refractivity contribution in [2.45, 2.75) is 37.8 Å². The summed E-state index contributed by atoms with van der Waals surface area (Å²) < 4.78 is 0. The largest absolute Gasteiger partial charge is 0.360 e. The van der Waals surface area contributed by atoms with E-state index in [1.165, 1.54) is 25.7 Å². The maximum absolute atomic E-state index is 5.20. The summed E-state index contributed by atoms with van der Waals surface area (Å²) in [6, 6.07) is 1.14. The van der Waals surface area contributed by atoms with Crippen LogP contribution < -0.4 is 5.32 Å². The highest BCUT2D eigenvalue weighted by atomic mass is 32.2. The number of thioether (sulfide) groups is 1. The lowest BCUT2D eigenvalue weighted by molar-refractivity contribution is 0.385. The minimum absolute atomic E-state index is 0.536. The highest BCUT2D eigenvalue weighted by Crippen LogP contribution is 2.26. The molecule has 2 rings (SSSR count). The molecule has 1 saturated carbocycles. The van der Waals surface area contributed by atoms with Gasteiger partial charge in [0, 0.05) is 0 Å². The topological polar surface area (TPSA) is 24.4 Å². The Morgan fingerprint density at radius 2 is 2.38 bits per heavy atom. The molecule has 0 radical (unpaired) electrons. The molecule has 0 aromatic carbocycles. The molecule has 0 bridgehead atoms. The monoisotopic (exact) mass is 194 g/mol. The number of hydrogen-bond acceptors (Lipinski definition) is 3. The van der Waals surface area contributed by atoms with Crippen molar-refractivity contribution in [2.75, 3.05) is 5.75 Å². The van der Waals surface area contributed by atoms with E-state index < -0.39 is 0 Å². The predicted octanol–water partition coefficient (Wildman–Crippen LogP) is 1.62. The molecule has 1 aliphatic heterocycles. The fourth-order valence-electron chi connectivity index (χ4n) is 1.97. The van der Waals surface area contributed by atoms with Crippen molar-refractivity contribution in [2.24, 2.45) is 4.99 Å². The van der Waals surface area contributed by atoms with Crippen molar-refractivity contribution in [3.05, 3.63) is 0 Å². The third-order valence-electron chi connectivity index (χ3n) is 2.61. The second-order valence-corrected chi connectivity index (χ2v) is 4.49. The van der Waals surface area contributed by atoms with Gasteiger partial charge in [0.25, 0.3) is 0 Å². The molecule has 1 N–H and O–H groups in total. The van der Waals surface area contributed by atoms with Gasteiger partial charge in [0.1, 0.15) is 0 Å². The fraction of sp³-hybridized carbons (Fsp3) is 0.700. The summed E-state index contributed by atoms with van der Waals surface area (Å²) in [5.74, 6) is 3.35. The van der Waals surface area contributed by atoms with Crippen molar-refractivity contribution in [1.29, 1.82) is 0 Å². The first-order valence-corrected chi connectivity index (χ1v) is 5.79. The summed E-state index contributed by atoms with van der Waals surface area (Å²) in [6.07, 6.45) is 10.4. The minimum atomic E-state index is 0.536. The molecule has 1 aliphatic carbocycles. The van der Waals surface area contributed by atoms with Crippen LogP contribution >= 0.6 is 11.8 Å². The van der Waals surface area contributed by atoms with Gasteiger partial charge in [-0.3, -0.25) is 4.99 Å². The van der Waals surface area contributed by atoms with Gasteiger partial charge in [-0.05, 0) is 12.8 Å². The van der Waals surface area contributed by atoms with Crippen LogP contribution in [0.25, 0.3) is 0 Å². The van der Waals surface area contributed by atoms with Gasteiger partial charge in [0.2, 0.25) is 0 Å². The van der Waals surface area contributed by atoms with Crippen LogP contribution in [0.2, 0.25) is 0 Å². The second-order valence-electron chi connectivity index (χ2n) is 3.53. The summed E-state index contributed by atoms with van der Waals surface area (Å²) in [7, 11) is 0. The van der Waals surface area contributed by atoms with Crippen LogP contribution in [-0.4, -0.2) is 23.0 Å². The fourth-order valence-corrected chi connectivity index (χ4v) is 2.63. The van der Waals surface area contributed by atoms with Crippen molar-refractivity contribution >= 4 is 16.9 Å². The first kappa shape index (κ1) is 8.96. The van der Waals surface area contributed by atoms with Crippen LogP contribution in [0.3, 0.4) is 0 Å². The Kier molecular flexibility index (Phi) is 2.80. The van der Waals surface area contributed by atoms with E-state index in [2.05, 4.69) is 16.2 Å². The molecule has 0 spiro atoms. The highest BCUT2D eigenvalue weighted by molar-refractivity contribution is 8.14. The van der Waals surface area contributed by atoms with E-state index in [4.69, 9.17) is 6.42 Å². The zero-order valence-electron chi connectivity index (χ0n) is 7.62. The van der Waals surface area contributed by atoms with Gasteiger partial charge in [-0.1, -0.05) is 30.5 Å². The van der Waals surface area contributed by atoms with E-state index in [0.717, 1.165) is 10.9 Å². The van der Waals surface area contributed by atoms with Gasteiger partial charge >= 0.3 is 0 Å². The Hall–Kier alpha value is -0.620. The van der Waals surface area contributed by atoms with Crippen LogP contribution in [0, 0.1) is 12.3 Å². The number of terminal acetylenes is 1. The summed E-state index contributed by atoms with van der Waals surface area (Å²) in [5.41, 5.74) is 0. The lowest BCUT2D eigenvalue weighted by Gasteiger charge is -2.22. The number of nitrogens with zero attached hydrogens (tertiary/aromatic N) is 1. The average molecular weight is 194 g/mol. The van der Waals surface area contributed by atoms with Crippen LogP contribution in [0.1, 0.15) is 25.7 Å². The zero-order chi connectivity index (χ0) is 9.10. The van der Waals surface area contributed by atoms with Crippen LogP contribution in [0.4, 0.5) is 0 Å². The van der Waals surface area contributed by atoms with Crippen molar-refractivity contribution in [3.63, 3.8) is 0 Å². The lowest BCUT2D eigenvalue weighted by Crippen LogP contribution is -2.36. The molecule has 2 unspecified atom stereocenters. The highest BCUT2D eigenvalue weighted by Gasteiger charge is 2.30.